The molecular weight excluding hydrogens is 1190 g/mol. The third kappa shape index (κ3) is 21.8. The summed E-state index contributed by atoms with van der Waals surface area (Å²) in [6.07, 6.45) is 3.87. The number of nitrogens with two attached hydrogens (primary N) is 2. The Hall–Kier alpha value is -8.48. The number of halogens is 1. The number of pyridine rings is 2. The van der Waals surface area contributed by atoms with Crippen LogP contribution in [0.25, 0.3) is 21.8 Å². The van der Waals surface area contributed by atoms with Crippen molar-refractivity contribution < 1.29 is 64.5 Å². The molecule has 87 heavy (non-hydrogen) atoms. The number of nitrogen functional groups attached to an aromatic ring is 2. The summed E-state index contributed by atoms with van der Waals surface area (Å²) in [5.41, 5.74) is 16.0. The molecule has 0 spiro atoms. The molecule has 7 N–H and O–H groups in total. The zero-order valence-electron chi connectivity index (χ0n) is 50.5. The standard InChI is InChI=1S/C21H25N3O4S.C13H14ClNO2S.2C7H11N3O2.C6H10O4.C3H5N.2CH4/c1-6-28-20(25)16-12-23-19(13(16)2)24-18-9-10-22-17-8-7-14(11-15(17)18)29(26,27)21(3,4)5;1-13(2,3)18(16,17)9-4-5-12-10(8-9)11(14)6-7-15-12;2*1-3-12-7(11)5-4(2)6(8)10-9-5;1-3-9-5(7)6(8)10-4-2;1-2-3-4;;/h7-11H,6,12H2,1-5H3,(H,22,23,24);4-8H,1-3H3;2*3H2,1-2H3,(H3,8,9,10);3-4H2,1-2H3;2H2,1H3;2*1H4. The number of fused-ring (bicyclic) bond motifs is 2. The van der Waals surface area contributed by atoms with Gasteiger partial charge in [0.05, 0.1) is 92.2 Å². The van der Waals surface area contributed by atoms with Gasteiger partial charge in [-0.25, -0.2) is 40.8 Å². The molecule has 1 aliphatic rings. The number of ether oxygens (including phenoxy) is 5. The van der Waals surface area contributed by atoms with E-state index in [1.165, 1.54) is 0 Å². The highest BCUT2D eigenvalue weighted by Gasteiger charge is 2.33. The molecule has 5 heterocycles. The molecule has 0 unspecified atom stereocenters. The number of carbonyl (C=O) groups excluding carboxylic acids is 5. The van der Waals surface area contributed by atoms with E-state index in [-0.39, 0.29) is 50.4 Å². The van der Waals surface area contributed by atoms with Gasteiger partial charge in [0.15, 0.2) is 19.7 Å². The van der Waals surface area contributed by atoms with Crippen LogP contribution >= 0.6 is 11.6 Å². The molecule has 0 atom stereocenters. The van der Waals surface area contributed by atoms with E-state index in [4.69, 9.17) is 42.5 Å². The molecule has 28 heteroatoms. The third-order valence-corrected chi connectivity index (χ3v) is 16.8. The van der Waals surface area contributed by atoms with Crippen molar-refractivity contribution in [2.75, 3.05) is 56.4 Å². The van der Waals surface area contributed by atoms with Gasteiger partial charge in [0.2, 0.25) is 0 Å². The summed E-state index contributed by atoms with van der Waals surface area (Å²) < 4.78 is 71.9. The monoisotopic (exact) mass is 1270 g/mol. The summed E-state index contributed by atoms with van der Waals surface area (Å²) in [7, 11) is -6.88. The smallest absolute Gasteiger partial charge is 0.417 e. The number of anilines is 3. The van der Waals surface area contributed by atoms with Gasteiger partial charge in [-0.15, -0.1) is 0 Å². The lowest BCUT2D eigenvalue weighted by Crippen LogP contribution is -2.27. The SMILES string of the molecule is C.C.CC(C)(C)S(=O)(=O)c1ccc2nccc(Cl)c2c1.CCC#N.CCOC(=O)C(=O)OCC.CCOC(=O)C1=C(C)C(Nc2ccnc3ccc(S(=O)(=O)C(C)(C)C)cc23)=NC1.CCOC(=O)c1[nH]nc(N)c1C.CCOC(=O)c1[nH]nc(N)c1C. The third-order valence-electron chi connectivity index (χ3n) is 11.5. The fourth-order valence-corrected chi connectivity index (χ4v) is 9.27. The molecular formula is C59H84ClN11O14S2. The number of hydrogen-bond acceptors (Lipinski definition) is 23. The topological polar surface area (TPSA) is 383 Å². The molecule has 478 valence electrons. The number of hydrogen-bond donors (Lipinski definition) is 5. The molecule has 0 saturated carbocycles. The predicted octanol–water partition coefficient (Wildman–Crippen LogP) is 10.2. The van der Waals surface area contributed by atoms with Crippen molar-refractivity contribution >= 4 is 106 Å². The Bertz CT molecular complexity index is 3580. The van der Waals surface area contributed by atoms with Crippen LogP contribution in [-0.4, -0.2) is 132 Å². The number of aromatic nitrogens is 6. The van der Waals surface area contributed by atoms with E-state index in [2.05, 4.69) is 50.1 Å². The van der Waals surface area contributed by atoms with E-state index >= 15 is 0 Å². The summed E-state index contributed by atoms with van der Waals surface area (Å²) >= 11 is 6.06. The Morgan fingerprint density at radius 3 is 1.37 bits per heavy atom. The van der Waals surface area contributed by atoms with Crippen LogP contribution in [-0.2, 0) is 57.7 Å². The molecule has 0 saturated heterocycles. The lowest BCUT2D eigenvalue weighted by Gasteiger charge is -2.20. The van der Waals surface area contributed by atoms with E-state index in [1.54, 1.807) is 151 Å². The minimum absolute atomic E-state index is 0. The second-order valence-corrected chi connectivity index (χ2v) is 25.3. The van der Waals surface area contributed by atoms with Crippen molar-refractivity contribution in [1.82, 2.24) is 30.4 Å². The first kappa shape index (κ1) is 78.5. The van der Waals surface area contributed by atoms with Gasteiger partial charge in [-0.3, -0.25) is 25.2 Å². The first-order valence-corrected chi connectivity index (χ1v) is 29.9. The fourth-order valence-electron chi connectivity index (χ4n) is 6.61. The van der Waals surface area contributed by atoms with Crippen LogP contribution in [0.5, 0.6) is 0 Å². The number of aliphatic imine (C=N–C) groups is 1. The minimum Gasteiger partial charge on any atom is -0.463 e. The molecule has 0 amide bonds. The van der Waals surface area contributed by atoms with Gasteiger partial charge in [-0.2, -0.15) is 15.5 Å². The van der Waals surface area contributed by atoms with Gasteiger partial charge in [0.25, 0.3) is 0 Å². The van der Waals surface area contributed by atoms with Gasteiger partial charge in [-0.1, -0.05) is 33.4 Å². The molecule has 7 rings (SSSR count). The van der Waals surface area contributed by atoms with Crippen LogP contribution < -0.4 is 16.8 Å². The lowest BCUT2D eigenvalue weighted by molar-refractivity contribution is -0.167. The van der Waals surface area contributed by atoms with Crippen LogP contribution in [0, 0.1) is 25.2 Å². The van der Waals surface area contributed by atoms with Crippen molar-refractivity contribution in [1.29, 1.82) is 5.26 Å². The summed E-state index contributed by atoms with van der Waals surface area (Å²) in [5, 5.41) is 25.0. The van der Waals surface area contributed by atoms with E-state index in [0.717, 1.165) is 0 Å². The highest BCUT2D eigenvalue weighted by atomic mass is 35.5. The highest BCUT2D eigenvalue weighted by Crippen LogP contribution is 2.32. The number of amidine groups is 1. The molecule has 1 aliphatic heterocycles. The Morgan fingerprint density at radius 2 is 1.00 bits per heavy atom. The summed E-state index contributed by atoms with van der Waals surface area (Å²) in [4.78, 5) is 68.6. The average molecular weight is 1270 g/mol. The highest BCUT2D eigenvalue weighted by molar-refractivity contribution is 7.93. The van der Waals surface area contributed by atoms with Crippen molar-refractivity contribution in [2.24, 2.45) is 4.99 Å². The largest absolute Gasteiger partial charge is 0.463 e. The van der Waals surface area contributed by atoms with E-state index in [9.17, 15) is 40.8 Å². The first-order valence-electron chi connectivity index (χ1n) is 26.5. The van der Waals surface area contributed by atoms with E-state index < -0.39 is 53.0 Å². The predicted molar refractivity (Wildman–Crippen MR) is 338 cm³/mol. The van der Waals surface area contributed by atoms with Crippen LogP contribution in [0.15, 0.2) is 86.9 Å². The number of nitrogens with zero attached hydrogens (tertiary/aromatic N) is 6. The Labute approximate surface area is 515 Å². The number of nitriles is 1. The van der Waals surface area contributed by atoms with Gasteiger partial charge in [0, 0.05) is 46.3 Å². The molecule has 0 aliphatic carbocycles. The number of aromatic amines is 2. The van der Waals surface area contributed by atoms with Crippen LogP contribution in [0.2, 0.25) is 5.02 Å². The summed E-state index contributed by atoms with van der Waals surface area (Å²) in [5.74, 6) is -1.84. The zero-order valence-corrected chi connectivity index (χ0v) is 52.9. The van der Waals surface area contributed by atoms with E-state index in [1.807, 2.05) is 19.9 Å². The van der Waals surface area contributed by atoms with E-state index in [0.29, 0.717) is 110 Å². The molecule has 0 radical (unpaired) electrons. The normalized spacial score (nSPS) is 11.6. The summed E-state index contributed by atoms with van der Waals surface area (Å²) in [6, 6.07) is 15.1. The molecule has 4 aromatic heterocycles. The van der Waals surface area contributed by atoms with Gasteiger partial charge >= 0.3 is 29.8 Å². The number of esters is 5. The van der Waals surface area contributed by atoms with Crippen molar-refractivity contribution in [3.8, 4) is 6.07 Å². The zero-order chi connectivity index (χ0) is 64.6. The molecule has 2 aromatic carbocycles. The lowest BCUT2D eigenvalue weighted by atomic mass is 10.1. The number of carbonyl (C=O) groups is 5. The number of H-pyrrole nitrogens is 2. The number of rotatable bonds is 11. The number of benzene rings is 2. The maximum absolute atomic E-state index is 12.9. The van der Waals surface area contributed by atoms with Crippen LogP contribution in [0.4, 0.5) is 17.3 Å². The second kappa shape index (κ2) is 35.9. The Balaban J connectivity index is 0.00000110. The maximum Gasteiger partial charge on any atom is 0.417 e. The molecule has 25 nitrogen and oxygen atoms in total. The van der Waals surface area contributed by atoms with Crippen molar-refractivity contribution in [3.05, 3.63) is 99.6 Å². The van der Waals surface area contributed by atoms with Gasteiger partial charge in [-0.05, 0) is 145 Å². The first-order chi connectivity index (χ1) is 39.8. The van der Waals surface area contributed by atoms with Gasteiger partial charge < -0.3 is 40.5 Å². The molecule has 0 bridgehead atoms. The molecule has 0 fully saturated rings. The van der Waals surface area contributed by atoms with Crippen molar-refractivity contribution in [2.45, 2.75) is 144 Å². The Morgan fingerprint density at radius 1 is 0.621 bits per heavy atom. The quantitative estimate of drug-likeness (QED) is 0.0457. The maximum atomic E-state index is 12.9. The van der Waals surface area contributed by atoms with Crippen molar-refractivity contribution in [3.63, 3.8) is 0 Å². The minimum atomic E-state index is -3.51. The van der Waals surface area contributed by atoms with Gasteiger partial charge in [0.1, 0.15) is 28.9 Å². The number of nitrogens with one attached hydrogen (secondary N) is 3. The average Bonchev–Trinajstić information content (AvgIpc) is 1.70. The molecule has 6 aromatic rings. The summed E-state index contributed by atoms with van der Waals surface area (Å²) in [6.45, 7) is 27.2. The van der Waals surface area contributed by atoms with Crippen LogP contribution in [0.3, 0.4) is 0 Å². The Kier molecular flexibility index (Phi) is 32.4. The second-order valence-electron chi connectivity index (χ2n) is 19.5. The van der Waals surface area contributed by atoms with Crippen LogP contribution in [0.1, 0.15) is 143 Å². The number of sulfone groups is 2. The fraction of sp³-hybridized carbons (Fsp3) is 0.441.